The van der Waals surface area contributed by atoms with Crippen LogP contribution in [0.2, 0.25) is 0 Å². The molecule has 0 saturated carbocycles. The lowest BCUT2D eigenvalue weighted by molar-refractivity contribution is -0.0185. The number of hydrogen-bond donors (Lipinski definition) is 0. The highest BCUT2D eigenvalue weighted by Gasteiger charge is 2.38. The second kappa shape index (κ2) is 2.57. The number of rotatable bonds is 1. The van der Waals surface area contributed by atoms with E-state index >= 15 is 0 Å². The Morgan fingerprint density at radius 3 is 2.50 bits per heavy atom. The van der Waals surface area contributed by atoms with Crippen LogP contribution >= 0.6 is 0 Å². The summed E-state index contributed by atoms with van der Waals surface area (Å²) in [6.07, 6.45) is 2.06. The summed E-state index contributed by atoms with van der Waals surface area (Å²) < 4.78 is 5.59. The highest BCUT2D eigenvalue weighted by atomic mass is 16.5. The van der Waals surface area contributed by atoms with Gasteiger partial charge < -0.3 is 4.74 Å². The molecular formula is C8H15BO. The molecule has 0 unspecified atom stereocenters. The van der Waals surface area contributed by atoms with Crippen LogP contribution in [0.4, 0.5) is 0 Å². The van der Waals surface area contributed by atoms with Crippen molar-refractivity contribution in [3.8, 4) is 0 Å². The number of ether oxygens (including phenoxy) is 1. The highest BCUT2D eigenvalue weighted by molar-refractivity contribution is 6.11. The fourth-order valence-corrected chi connectivity index (χ4v) is 1.54. The van der Waals surface area contributed by atoms with Gasteiger partial charge in [0, 0.05) is 6.00 Å². The van der Waals surface area contributed by atoms with Crippen molar-refractivity contribution in [2.75, 3.05) is 0 Å². The van der Waals surface area contributed by atoms with Gasteiger partial charge in [0.2, 0.25) is 0 Å². The van der Waals surface area contributed by atoms with Gasteiger partial charge in [0.15, 0.2) is 0 Å². The van der Waals surface area contributed by atoms with Crippen LogP contribution in [0.25, 0.3) is 0 Å². The van der Waals surface area contributed by atoms with E-state index in [-0.39, 0.29) is 11.6 Å². The molecule has 2 heteroatoms. The maximum atomic E-state index is 5.65. The van der Waals surface area contributed by atoms with Gasteiger partial charge in [-0.1, -0.05) is 13.8 Å². The van der Waals surface area contributed by atoms with E-state index in [0.717, 1.165) is 12.8 Å². The molecule has 0 bridgehead atoms. The van der Waals surface area contributed by atoms with Gasteiger partial charge in [-0.25, -0.2) is 0 Å². The fourth-order valence-electron chi connectivity index (χ4n) is 1.54. The summed E-state index contributed by atoms with van der Waals surface area (Å²) in [5, 5.41) is 0. The molecule has 2 radical (unpaired) electrons. The Kier molecular flexibility index (Phi) is 2.09. The third kappa shape index (κ3) is 1.22. The molecule has 0 N–H and O–H groups in total. The molecule has 3 atom stereocenters. The van der Waals surface area contributed by atoms with E-state index in [0.29, 0.717) is 5.92 Å². The Balaban J connectivity index is 2.61. The molecule has 0 aliphatic carbocycles. The minimum Gasteiger partial charge on any atom is -0.382 e. The third-order valence-corrected chi connectivity index (χ3v) is 2.75. The maximum Gasteiger partial charge on any atom is 0.109 e. The summed E-state index contributed by atoms with van der Waals surface area (Å²) in [4.78, 5) is 0. The Hall–Kier alpha value is 0.0249. The molecule has 1 rings (SSSR count). The van der Waals surface area contributed by atoms with Crippen LogP contribution in [0.3, 0.4) is 0 Å². The van der Waals surface area contributed by atoms with Crippen LogP contribution in [0.15, 0.2) is 0 Å². The molecule has 1 saturated heterocycles. The minimum absolute atomic E-state index is 0.0278. The lowest BCUT2D eigenvalue weighted by atomic mass is 9.85. The first kappa shape index (κ1) is 8.12. The SMILES string of the molecule is [B][C@H]1C[C@H](C)[C@@](C)(CC)O1. The molecule has 10 heavy (non-hydrogen) atoms. The average molecular weight is 138 g/mol. The largest absolute Gasteiger partial charge is 0.382 e. The zero-order valence-electron chi connectivity index (χ0n) is 7.05. The standard InChI is InChI=1S/C8H15BO/c1-4-8(3)6(2)5-7(9)10-8/h6-7H,4-5H2,1-3H3/t6-,7+,8+/m0/s1. The third-order valence-electron chi connectivity index (χ3n) is 2.75. The molecular weight excluding hydrogens is 123 g/mol. The Bertz CT molecular complexity index is 126. The molecule has 0 aromatic rings. The molecule has 1 fully saturated rings. The predicted octanol–water partition coefficient (Wildman–Crippen LogP) is 1.71. The normalized spacial score (nSPS) is 47.9. The number of hydrogen-bond acceptors (Lipinski definition) is 1. The smallest absolute Gasteiger partial charge is 0.109 e. The van der Waals surface area contributed by atoms with Crippen molar-refractivity contribution in [3.05, 3.63) is 0 Å². The second-order valence-electron chi connectivity index (χ2n) is 3.46. The zero-order valence-corrected chi connectivity index (χ0v) is 7.05. The summed E-state index contributed by atoms with van der Waals surface area (Å²) in [6.45, 7) is 6.50. The topological polar surface area (TPSA) is 9.23 Å². The van der Waals surface area contributed by atoms with Gasteiger partial charge in [-0.05, 0) is 25.7 Å². The van der Waals surface area contributed by atoms with Crippen LogP contribution < -0.4 is 0 Å². The van der Waals surface area contributed by atoms with E-state index in [1.807, 2.05) is 0 Å². The van der Waals surface area contributed by atoms with Gasteiger partial charge in [-0.3, -0.25) is 0 Å². The van der Waals surface area contributed by atoms with Crippen molar-refractivity contribution in [2.24, 2.45) is 5.92 Å². The minimum atomic E-state index is -0.0278. The molecule has 1 heterocycles. The Morgan fingerprint density at radius 1 is 1.70 bits per heavy atom. The van der Waals surface area contributed by atoms with Crippen molar-refractivity contribution in [2.45, 2.75) is 45.2 Å². The van der Waals surface area contributed by atoms with Crippen molar-refractivity contribution < 1.29 is 4.74 Å². The summed E-state index contributed by atoms with van der Waals surface area (Å²) in [5.74, 6) is 0.604. The molecule has 0 aromatic carbocycles. The van der Waals surface area contributed by atoms with Crippen molar-refractivity contribution >= 4 is 7.85 Å². The summed E-state index contributed by atoms with van der Waals surface area (Å²) in [6, 6.07) is -0.0278. The fraction of sp³-hybridized carbons (Fsp3) is 1.00. The van der Waals surface area contributed by atoms with Gasteiger partial charge in [-0.2, -0.15) is 0 Å². The molecule has 0 spiro atoms. The Morgan fingerprint density at radius 2 is 2.30 bits per heavy atom. The van der Waals surface area contributed by atoms with Crippen LogP contribution in [-0.4, -0.2) is 19.5 Å². The average Bonchev–Trinajstić information content (AvgIpc) is 2.09. The quantitative estimate of drug-likeness (QED) is 0.501. The van der Waals surface area contributed by atoms with Crippen LogP contribution in [0, 0.1) is 5.92 Å². The second-order valence-corrected chi connectivity index (χ2v) is 3.46. The van der Waals surface area contributed by atoms with Gasteiger partial charge in [0.1, 0.15) is 7.85 Å². The van der Waals surface area contributed by atoms with Crippen LogP contribution in [0.5, 0.6) is 0 Å². The first-order valence-electron chi connectivity index (χ1n) is 4.02. The van der Waals surface area contributed by atoms with Crippen LogP contribution in [0.1, 0.15) is 33.6 Å². The lowest BCUT2D eigenvalue weighted by Crippen LogP contribution is -2.29. The van der Waals surface area contributed by atoms with E-state index in [9.17, 15) is 0 Å². The molecule has 0 aromatic heterocycles. The van der Waals surface area contributed by atoms with Crippen molar-refractivity contribution in [1.82, 2.24) is 0 Å². The molecule has 1 aliphatic heterocycles. The first-order valence-corrected chi connectivity index (χ1v) is 4.02. The molecule has 1 nitrogen and oxygen atoms in total. The van der Waals surface area contributed by atoms with E-state index in [1.165, 1.54) is 0 Å². The van der Waals surface area contributed by atoms with Gasteiger partial charge in [-0.15, -0.1) is 0 Å². The van der Waals surface area contributed by atoms with Gasteiger partial charge >= 0.3 is 0 Å². The monoisotopic (exact) mass is 138 g/mol. The van der Waals surface area contributed by atoms with E-state index in [4.69, 9.17) is 12.6 Å². The Labute approximate surface area is 64.6 Å². The van der Waals surface area contributed by atoms with Gasteiger partial charge in [0.05, 0.1) is 5.60 Å². The van der Waals surface area contributed by atoms with E-state index in [2.05, 4.69) is 20.8 Å². The molecule has 0 amide bonds. The first-order chi connectivity index (χ1) is 4.58. The van der Waals surface area contributed by atoms with Crippen molar-refractivity contribution in [3.63, 3.8) is 0 Å². The van der Waals surface area contributed by atoms with Crippen molar-refractivity contribution in [1.29, 1.82) is 0 Å². The lowest BCUT2D eigenvalue weighted by Gasteiger charge is -2.26. The van der Waals surface area contributed by atoms with E-state index in [1.54, 1.807) is 0 Å². The van der Waals surface area contributed by atoms with E-state index < -0.39 is 0 Å². The predicted molar refractivity (Wildman–Crippen MR) is 43.1 cm³/mol. The highest BCUT2D eigenvalue weighted by Crippen LogP contribution is 2.36. The van der Waals surface area contributed by atoms with Crippen LogP contribution in [-0.2, 0) is 4.74 Å². The molecule has 1 aliphatic rings. The zero-order chi connectivity index (χ0) is 7.78. The summed E-state index contributed by atoms with van der Waals surface area (Å²) in [5.41, 5.74) is 0.0411. The summed E-state index contributed by atoms with van der Waals surface area (Å²) in [7, 11) is 5.65. The van der Waals surface area contributed by atoms with Gasteiger partial charge in [0.25, 0.3) is 0 Å². The summed E-state index contributed by atoms with van der Waals surface area (Å²) >= 11 is 0. The maximum absolute atomic E-state index is 5.65. The molecule has 56 valence electrons.